The summed E-state index contributed by atoms with van der Waals surface area (Å²) < 4.78 is 40.3. The highest BCUT2D eigenvalue weighted by molar-refractivity contribution is 5.72. The van der Waals surface area contributed by atoms with E-state index < -0.39 is 17.5 Å². The first-order valence-electron chi connectivity index (χ1n) is 7.16. The van der Waals surface area contributed by atoms with E-state index in [4.69, 9.17) is 0 Å². The predicted octanol–water partition coefficient (Wildman–Crippen LogP) is 4.77. The van der Waals surface area contributed by atoms with Gasteiger partial charge in [0.2, 0.25) is 0 Å². The molecule has 0 saturated carbocycles. The van der Waals surface area contributed by atoms with Crippen LogP contribution in [0.2, 0.25) is 0 Å². The summed E-state index contributed by atoms with van der Waals surface area (Å²) in [6, 6.07) is 5.63. The molecular formula is C17H18F3N3. The largest absolute Gasteiger partial charge is 0.366 e. The van der Waals surface area contributed by atoms with Crippen LogP contribution in [0.1, 0.15) is 12.5 Å². The van der Waals surface area contributed by atoms with Gasteiger partial charge in [-0.1, -0.05) is 0 Å². The van der Waals surface area contributed by atoms with Crippen molar-refractivity contribution in [3.05, 3.63) is 53.3 Å². The Morgan fingerprint density at radius 2 is 1.65 bits per heavy atom. The fourth-order valence-corrected chi connectivity index (χ4v) is 1.95. The molecule has 0 fully saturated rings. The maximum atomic E-state index is 13.8. The van der Waals surface area contributed by atoms with E-state index in [9.17, 15) is 13.2 Å². The highest BCUT2D eigenvalue weighted by atomic mass is 19.1. The van der Waals surface area contributed by atoms with E-state index in [1.165, 1.54) is 12.1 Å². The van der Waals surface area contributed by atoms with Gasteiger partial charge in [-0.05, 0) is 43.7 Å². The fraction of sp³-hybridized carbons (Fsp3) is 0.235. The van der Waals surface area contributed by atoms with Crippen molar-refractivity contribution in [2.75, 3.05) is 18.9 Å². The van der Waals surface area contributed by atoms with E-state index in [0.29, 0.717) is 16.9 Å². The first-order chi connectivity index (χ1) is 10.9. The van der Waals surface area contributed by atoms with Crippen molar-refractivity contribution in [3.63, 3.8) is 0 Å². The molecule has 1 N–H and O–H groups in total. The summed E-state index contributed by atoms with van der Waals surface area (Å²) in [5.41, 5.74) is 1.74. The first kappa shape index (κ1) is 16.9. The van der Waals surface area contributed by atoms with Crippen LogP contribution in [0.3, 0.4) is 0 Å². The number of halogens is 3. The molecule has 0 aromatic heterocycles. The number of nitrogens with zero attached hydrogens (tertiary/aromatic N) is 2. The molecule has 2 aromatic rings. The molecule has 2 rings (SSSR count). The number of nitrogens with one attached hydrogen (secondary N) is 1. The van der Waals surface area contributed by atoms with Gasteiger partial charge < -0.3 is 10.2 Å². The van der Waals surface area contributed by atoms with E-state index >= 15 is 0 Å². The molecule has 2 aromatic carbocycles. The standard InChI is InChI=1S/C17H18F3N3/c1-4-23(3)10-21-16-8-14(20)9-17(11(16)2)22-15-6-12(18)5-13(19)7-15/h5-10,22H,4H2,1-3H3/b21-10-. The second-order valence-electron chi connectivity index (χ2n) is 5.20. The van der Waals surface area contributed by atoms with Crippen LogP contribution in [0.25, 0.3) is 0 Å². The number of anilines is 2. The van der Waals surface area contributed by atoms with Gasteiger partial charge >= 0.3 is 0 Å². The zero-order valence-corrected chi connectivity index (χ0v) is 13.2. The van der Waals surface area contributed by atoms with E-state index in [1.54, 1.807) is 13.3 Å². The molecule has 0 atom stereocenters. The third-order valence-electron chi connectivity index (χ3n) is 3.38. The Bertz CT molecular complexity index is 709. The van der Waals surface area contributed by atoms with Crippen molar-refractivity contribution >= 4 is 23.4 Å². The minimum absolute atomic E-state index is 0.205. The van der Waals surface area contributed by atoms with Crippen LogP contribution in [0.15, 0.2) is 35.3 Å². The molecule has 0 unspecified atom stereocenters. The third kappa shape index (κ3) is 4.48. The van der Waals surface area contributed by atoms with E-state index in [1.807, 2.05) is 18.9 Å². The Labute approximate surface area is 133 Å². The van der Waals surface area contributed by atoms with Crippen LogP contribution in [0.4, 0.5) is 30.2 Å². The lowest BCUT2D eigenvalue weighted by Gasteiger charge is -2.13. The number of hydrogen-bond acceptors (Lipinski definition) is 2. The van der Waals surface area contributed by atoms with Crippen molar-refractivity contribution in [3.8, 4) is 0 Å². The summed E-state index contributed by atoms with van der Waals surface area (Å²) in [4.78, 5) is 6.09. The van der Waals surface area contributed by atoms with Crippen molar-refractivity contribution in [2.24, 2.45) is 4.99 Å². The number of hydrogen-bond donors (Lipinski definition) is 1. The molecule has 0 aliphatic rings. The van der Waals surface area contributed by atoms with Gasteiger partial charge in [-0.3, -0.25) is 0 Å². The molecule has 0 spiro atoms. The zero-order valence-electron chi connectivity index (χ0n) is 13.2. The van der Waals surface area contributed by atoms with Crippen LogP contribution in [-0.4, -0.2) is 24.8 Å². The maximum absolute atomic E-state index is 13.8. The number of benzene rings is 2. The normalized spacial score (nSPS) is 11.0. The molecule has 23 heavy (non-hydrogen) atoms. The van der Waals surface area contributed by atoms with Crippen molar-refractivity contribution in [1.82, 2.24) is 4.90 Å². The highest BCUT2D eigenvalue weighted by Crippen LogP contribution is 2.30. The van der Waals surface area contributed by atoms with Crippen molar-refractivity contribution < 1.29 is 13.2 Å². The van der Waals surface area contributed by atoms with Gasteiger partial charge in [0.15, 0.2) is 0 Å². The molecule has 0 aliphatic heterocycles. The van der Waals surface area contributed by atoms with Crippen molar-refractivity contribution in [2.45, 2.75) is 13.8 Å². The van der Waals surface area contributed by atoms with Gasteiger partial charge in [0.05, 0.1) is 12.0 Å². The number of rotatable bonds is 5. The smallest absolute Gasteiger partial charge is 0.128 e. The Morgan fingerprint density at radius 1 is 1.04 bits per heavy atom. The van der Waals surface area contributed by atoms with Gasteiger partial charge in [0.25, 0.3) is 0 Å². The lowest BCUT2D eigenvalue weighted by Crippen LogP contribution is -2.14. The minimum atomic E-state index is -0.704. The maximum Gasteiger partial charge on any atom is 0.128 e. The Hall–Kier alpha value is -2.50. The molecule has 0 bridgehead atoms. The van der Waals surface area contributed by atoms with Gasteiger partial charge in [0, 0.05) is 31.0 Å². The zero-order chi connectivity index (χ0) is 17.0. The summed E-state index contributed by atoms with van der Waals surface area (Å²) in [6.45, 7) is 4.50. The lowest BCUT2D eigenvalue weighted by atomic mass is 10.1. The summed E-state index contributed by atoms with van der Waals surface area (Å²) >= 11 is 0. The second kappa shape index (κ2) is 7.17. The van der Waals surface area contributed by atoms with Gasteiger partial charge in [-0.25, -0.2) is 18.2 Å². The summed E-state index contributed by atoms with van der Waals surface area (Å²) in [6.07, 6.45) is 1.60. The van der Waals surface area contributed by atoms with Crippen LogP contribution >= 0.6 is 0 Å². The van der Waals surface area contributed by atoms with Gasteiger partial charge in [0.1, 0.15) is 17.5 Å². The van der Waals surface area contributed by atoms with Crippen molar-refractivity contribution in [1.29, 1.82) is 0 Å². The molecule has 0 heterocycles. The Kier molecular flexibility index (Phi) is 5.26. The molecule has 122 valence electrons. The summed E-state index contributed by atoms with van der Waals surface area (Å²) in [5.74, 6) is -1.89. The van der Waals surface area contributed by atoms with E-state index in [2.05, 4.69) is 10.3 Å². The van der Waals surface area contributed by atoms with Crippen LogP contribution < -0.4 is 5.32 Å². The van der Waals surface area contributed by atoms with Crippen LogP contribution in [-0.2, 0) is 0 Å². The summed E-state index contributed by atoms with van der Waals surface area (Å²) in [7, 11) is 1.85. The SMILES string of the molecule is CCN(C)/C=N\c1cc(F)cc(Nc2cc(F)cc(F)c2)c1C. The predicted molar refractivity (Wildman–Crippen MR) is 87.2 cm³/mol. The lowest BCUT2D eigenvalue weighted by molar-refractivity contribution is 0.552. The number of aliphatic imine (C=N–C) groups is 1. The fourth-order valence-electron chi connectivity index (χ4n) is 1.95. The topological polar surface area (TPSA) is 27.6 Å². The van der Waals surface area contributed by atoms with Crippen LogP contribution in [0.5, 0.6) is 0 Å². The monoisotopic (exact) mass is 321 g/mol. The average Bonchev–Trinajstić information content (AvgIpc) is 2.47. The van der Waals surface area contributed by atoms with Gasteiger partial charge in [-0.2, -0.15) is 0 Å². The highest BCUT2D eigenvalue weighted by Gasteiger charge is 2.09. The first-order valence-corrected chi connectivity index (χ1v) is 7.16. The van der Waals surface area contributed by atoms with Gasteiger partial charge in [-0.15, -0.1) is 0 Å². The third-order valence-corrected chi connectivity index (χ3v) is 3.38. The minimum Gasteiger partial charge on any atom is -0.366 e. The molecular weight excluding hydrogens is 303 g/mol. The Morgan fingerprint density at radius 3 is 2.26 bits per heavy atom. The average molecular weight is 321 g/mol. The molecule has 0 saturated heterocycles. The molecule has 6 heteroatoms. The second-order valence-corrected chi connectivity index (χ2v) is 5.20. The molecule has 0 radical (unpaired) electrons. The van der Waals surface area contributed by atoms with E-state index in [-0.39, 0.29) is 5.69 Å². The summed E-state index contributed by atoms with van der Waals surface area (Å²) in [5, 5.41) is 2.83. The van der Waals surface area contributed by atoms with E-state index in [0.717, 1.165) is 24.7 Å². The van der Waals surface area contributed by atoms with Crippen LogP contribution in [0, 0.1) is 24.4 Å². The molecule has 0 amide bonds. The molecule has 0 aliphatic carbocycles. The Balaban J connectivity index is 2.35. The molecule has 3 nitrogen and oxygen atoms in total. The quantitative estimate of drug-likeness (QED) is 0.635.